The number of rotatable bonds is 10. The summed E-state index contributed by atoms with van der Waals surface area (Å²) in [4.78, 5) is 8.96. The van der Waals surface area contributed by atoms with Crippen LogP contribution in [0.3, 0.4) is 0 Å². The number of anilines is 1. The Hall–Kier alpha value is -4.76. The first-order chi connectivity index (χ1) is 17.9. The van der Waals surface area contributed by atoms with Gasteiger partial charge in [-0.15, -0.1) is 0 Å². The van der Waals surface area contributed by atoms with E-state index >= 15 is 0 Å². The van der Waals surface area contributed by atoms with Crippen LogP contribution in [0.1, 0.15) is 40.9 Å². The zero-order chi connectivity index (χ0) is 26.4. The van der Waals surface area contributed by atoms with E-state index in [1.54, 1.807) is 24.5 Å². The van der Waals surface area contributed by atoms with E-state index in [4.69, 9.17) is 27.0 Å². The predicted molar refractivity (Wildman–Crippen MR) is 151 cm³/mol. The molecule has 0 aliphatic carbocycles. The van der Waals surface area contributed by atoms with Crippen molar-refractivity contribution in [3.05, 3.63) is 107 Å². The van der Waals surface area contributed by atoms with Crippen LogP contribution in [0.25, 0.3) is 11.1 Å². The third-order valence-electron chi connectivity index (χ3n) is 5.96. The van der Waals surface area contributed by atoms with E-state index in [0.717, 1.165) is 22.3 Å². The molecule has 4 rings (SSSR count). The van der Waals surface area contributed by atoms with Gasteiger partial charge in [-0.3, -0.25) is 15.8 Å². The van der Waals surface area contributed by atoms with Crippen LogP contribution in [-0.4, -0.2) is 26.7 Å². The second-order valence-corrected chi connectivity index (χ2v) is 8.51. The maximum absolute atomic E-state index is 10.1. The SMILES string of the molecule is C.Cc1ncc(CNc2ccc(-c3ccc(C(=N)N)cc3)cn2)c(CO)c1OCc1ccc(C(=N)N)cc1. The number of hydrogen-bond donors (Lipinski definition) is 6. The monoisotopic (exact) mass is 511 g/mol. The van der Waals surface area contributed by atoms with E-state index in [9.17, 15) is 5.11 Å². The molecule has 0 atom stereocenters. The third kappa shape index (κ3) is 6.51. The zero-order valence-corrected chi connectivity index (χ0v) is 20.5. The number of aryl methyl sites for hydroxylation is 1. The minimum atomic E-state index is -0.193. The Morgan fingerprint density at radius 2 is 1.47 bits per heavy atom. The summed E-state index contributed by atoms with van der Waals surface area (Å²) >= 11 is 0. The molecule has 0 fully saturated rings. The normalized spacial score (nSPS) is 10.4. The molecule has 2 aromatic heterocycles. The highest BCUT2D eigenvalue weighted by Gasteiger charge is 2.14. The molecule has 9 heteroatoms. The lowest BCUT2D eigenvalue weighted by molar-refractivity contribution is 0.256. The molecule has 4 aromatic rings. The minimum absolute atomic E-state index is 0. The fourth-order valence-corrected chi connectivity index (χ4v) is 3.83. The van der Waals surface area contributed by atoms with Gasteiger partial charge in [0.1, 0.15) is 29.8 Å². The van der Waals surface area contributed by atoms with Crippen molar-refractivity contribution in [2.75, 3.05) is 5.32 Å². The van der Waals surface area contributed by atoms with Gasteiger partial charge in [0.2, 0.25) is 0 Å². The predicted octanol–water partition coefficient (Wildman–Crippen LogP) is 4.34. The summed E-state index contributed by atoms with van der Waals surface area (Å²) in [6, 6.07) is 18.6. The maximum atomic E-state index is 10.1. The summed E-state index contributed by atoms with van der Waals surface area (Å²) in [5.74, 6) is 1.29. The summed E-state index contributed by atoms with van der Waals surface area (Å²) in [5, 5.41) is 28.4. The van der Waals surface area contributed by atoms with Crippen LogP contribution >= 0.6 is 0 Å². The molecule has 2 aromatic carbocycles. The number of hydrogen-bond acceptors (Lipinski definition) is 7. The lowest BCUT2D eigenvalue weighted by Gasteiger charge is -2.17. The van der Waals surface area contributed by atoms with Crippen molar-refractivity contribution in [1.82, 2.24) is 9.97 Å². The first-order valence-corrected chi connectivity index (χ1v) is 11.6. The third-order valence-corrected chi connectivity index (χ3v) is 5.96. The van der Waals surface area contributed by atoms with Crippen LogP contribution in [0.15, 0.2) is 73.1 Å². The number of nitrogen functional groups attached to an aromatic ring is 2. The Labute approximate surface area is 222 Å². The molecule has 0 saturated heterocycles. The van der Waals surface area contributed by atoms with Crippen LogP contribution in [0.5, 0.6) is 5.75 Å². The molecular formula is C29H33N7O2. The number of pyridine rings is 2. The van der Waals surface area contributed by atoms with E-state index in [2.05, 4.69) is 15.3 Å². The van der Waals surface area contributed by atoms with Gasteiger partial charge < -0.3 is 26.6 Å². The molecular weight excluding hydrogens is 478 g/mol. The average molecular weight is 512 g/mol. The summed E-state index contributed by atoms with van der Waals surface area (Å²) in [7, 11) is 0. The first-order valence-electron chi connectivity index (χ1n) is 11.6. The molecule has 0 aliphatic rings. The maximum Gasteiger partial charge on any atom is 0.146 e. The quantitative estimate of drug-likeness (QED) is 0.136. The fourth-order valence-electron chi connectivity index (χ4n) is 3.83. The van der Waals surface area contributed by atoms with E-state index in [1.807, 2.05) is 55.5 Å². The van der Waals surface area contributed by atoms with Crippen molar-refractivity contribution in [3.8, 4) is 16.9 Å². The average Bonchev–Trinajstić information content (AvgIpc) is 2.92. The number of aliphatic hydroxyl groups excluding tert-OH is 1. The van der Waals surface area contributed by atoms with Gasteiger partial charge in [0, 0.05) is 41.2 Å². The van der Waals surface area contributed by atoms with Crippen molar-refractivity contribution < 1.29 is 9.84 Å². The van der Waals surface area contributed by atoms with Gasteiger partial charge in [0.25, 0.3) is 0 Å². The molecule has 0 spiro atoms. The molecule has 9 nitrogen and oxygen atoms in total. The smallest absolute Gasteiger partial charge is 0.146 e. The highest BCUT2D eigenvalue weighted by Crippen LogP contribution is 2.27. The van der Waals surface area contributed by atoms with Gasteiger partial charge in [-0.2, -0.15) is 0 Å². The number of nitrogens with zero attached hydrogens (tertiary/aromatic N) is 2. The van der Waals surface area contributed by atoms with Crippen molar-refractivity contribution in [2.24, 2.45) is 11.5 Å². The van der Waals surface area contributed by atoms with E-state index in [1.165, 1.54) is 0 Å². The Bertz CT molecular complexity index is 1400. The largest absolute Gasteiger partial charge is 0.487 e. The van der Waals surface area contributed by atoms with Crippen LogP contribution in [-0.2, 0) is 19.8 Å². The van der Waals surface area contributed by atoms with E-state index < -0.39 is 0 Å². The number of amidine groups is 2. The van der Waals surface area contributed by atoms with Gasteiger partial charge in [0.05, 0.1) is 12.3 Å². The van der Waals surface area contributed by atoms with Gasteiger partial charge in [-0.05, 0) is 35.7 Å². The summed E-state index contributed by atoms with van der Waals surface area (Å²) in [6.07, 6.45) is 3.50. The summed E-state index contributed by atoms with van der Waals surface area (Å²) in [6.45, 7) is 2.35. The number of aliphatic hydroxyl groups is 1. The standard InChI is InChI=1S/C28H29N7O2.CH4/c1-17-26(37-16-18-2-4-20(5-3-18)27(29)30)24(15-36)23(13-33-17)14-35-25-11-10-22(12-34-25)19-6-8-21(9-7-19)28(31)32;/h2-13,36H,14-16H2,1H3,(H3,29,30)(H3,31,32)(H,34,35);1H4. The number of ether oxygens (including phenoxy) is 1. The molecule has 0 amide bonds. The Kier molecular flexibility index (Phi) is 9.13. The number of nitrogens with two attached hydrogens (primary N) is 2. The van der Waals surface area contributed by atoms with Crippen LogP contribution < -0.4 is 21.5 Å². The molecule has 0 aliphatic heterocycles. The zero-order valence-electron chi connectivity index (χ0n) is 20.5. The number of aromatic nitrogens is 2. The van der Waals surface area contributed by atoms with Crippen molar-refractivity contribution >= 4 is 17.5 Å². The molecule has 2 heterocycles. The topological polar surface area (TPSA) is 167 Å². The number of benzene rings is 2. The molecule has 8 N–H and O–H groups in total. The second-order valence-electron chi connectivity index (χ2n) is 8.51. The lowest BCUT2D eigenvalue weighted by Crippen LogP contribution is -2.11. The minimum Gasteiger partial charge on any atom is -0.487 e. The van der Waals surface area contributed by atoms with E-state index in [0.29, 0.717) is 47.1 Å². The Morgan fingerprint density at radius 1 is 0.868 bits per heavy atom. The van der Waals surface area contributed by atoms with Gasteiger partial charge in [-0.25, -0.2) is 4.98 Å². The van der Waals surface area contributed by atoms with Crippen LogP contribution in [0.4, 0.5) is 5.82 Å². The highest BCUT2D eigenvalue weighted by atomic mass is 16.5. The van der Waals surface area contributed by atoms with Gasteiger partial charge in [-0.1, -0.05) is 56.0 Å². The number of nitrogens with one attached hydrogen (secondary N) is 3. The van der Waals surface area contributed by atoms with Gasteiger partial charge >= 0.3 is 0 Å². The van der Waals surface area contributed by atoms with Crippen molar-refractivity contribution in [3.63, 3.8) is 0 Å². The Morgan fingerprint density at radius 3 is 2.03 bits per heavy atom. The van der Waals surface area contributed by atoms with Crippen LogP contribution in [0, 0.1) is 17.7 Å². The van der Waals surface area contributed by atoms with Crippen LogP contribution in [0.2, 0.25) is 0 Å². The molecule has 38 heavy (non-hydrogen) atoms. The molecule has 196 valence electrons. The molecule has 0 saturated carbocycles. The second kappa shape index (κ2) is 12.5. The Balaban J connectivity index is 0.00000400. The van der Waals surface area contributed by atoms with Gasteiger partial charge in [0.15, 0.2) is 0 Å². The molecule has 0 bridgehead atoms. The molecule has 0 unspecified atom stereocenters. The summed E-state index contributed by atoms with van der Waals surface area (Å²) < 4.78 is 6.05. The summed E-state index contributed by atoms with van der Waals surface area (Å²) in [5.41, 5.74) is 17.4. The highest BCUT2D eigenvalue weighted by molar-refractivity contribution is 5.95. The molecule has 0 radical (unpaired) electrons. The fraction of sp³-hybridized carbons (Fsp3) is 0.172. The lowest BCUT2D eigenvalue weighted by atomic mass is 10.1. The van der Waals surface area contributed by atoms with Crippen molar-refractivity contribution in [1.29, 1.82) is 10.8 Å². The van der Waals surface area contributed by atoms with E-state index in [-0.39, 0.29) is 25.7 Å². The first kappa shape index (κ1) is 27.8. The van der Waals surface area contributed by atoms with Crippen molar-refractivity contribution in [2.45, 2.75) is 34.1 Å².